The minimum absolute atomic E-state index is 0.439. The van der Waals surface area contributed by atoms with Gasteiger partial charge in [-0.2, -0.15) is 0 Å². The van der Waals surface area contributed by atoms with Crippen LogP contribution in [0.5, 0.6) is 0 Å². The molecular weight excluding hydrogens is 403 g/mol. The van der Waals surface area contributed by atoms with E-state index in [4.69, 9.17) is 5.73 Å². The van der Waals surface area contributed by atoms with Gasteiger partial charge in [-0.3, -0.25) is 0 Å². The number of anilines is 5. The molecule has 1 aromatic carbocycles. The van der Waals surface area contributed by atoms with Gasteiger partial charge < -0.3 is 16.4 Å². The van der Waals surface area contributed by atoms with Crippen LogP contribution >= 0.6 is 22.6 Å². The molecule has 2 heterocycles. The average molecular weight is 418 g/mol. The van der Waals surface area contributed by atoms with Gasteiger partial charge >= 0.3 is 0 Å². The summed E-state index contributed by atoms with van der Waals surface area (Å²) in [6.07, 6.45) is 3.20. The van der Waals surface area contributed by atoms with E-state index in [0.717, 1.165) is 14.8 Å². The molecule has 116 valence electrons. The van der Waals surface area contributed by atoms with E-state index in [1.165, 1.54) is 6.33 Å². The number of benzene rings is 1. The smallest absolute Gasteiger partial charge is 0.160 e. The summed E-state index contributed by atoms with van der Waals surface area (Å²) in [7, 11) is 0. The molecule has 3 rings (SSSR count). The summed E-state index contributed by atoms with van der Waals surface area (Å²) < 4.78 is 1.16. The number of pyridine rings is 1. The van der Waals surface area contributed by atoms with E-state index >= 15 is 0 Å². The third-order valence-corrected chi connectivity index (χ3v) is 3.87. The first-order valence-electron chi connectivity index (χ1n) is 6.94. The third kappa shape index (κ3) is 3.86. The number of nitrogens with zero attached hydrogens (tertiary/aromatic N) is 3. The van der Waals surface area contributed by atoms with Crippen molar-refractivity contribution in [1.82, 2.24) is 15.0 Å². The molecule has 23 heavy (non-hydrogen) atoms. The Bertz CT molecular complexity index is 819. The van der Waals surface area contributed by atoms with Crippen molar-refractivity contribution < 1.29 is 0 Å². The van der Waals surface area contributed by atoms with Gasteiger partial charge in [-0.1, -0.05) is 0 Å². The van der Waals surface area contributed by atoms with Crippen molar-refractivity contribution in [1.29, 1.82) is 0 Å². The van der Waals surface area contributed by atoms with Gasteiger partial charge in [0.25, 0.3) is 0 Å². The summed E-state index contributed by atoms with van der Waals surface area (Å²) in [4.78, 5) is 12.6. The van der Waals surface area contributed by atoms with Crippen LogP contribution in [-0.4, -0.2) is 15.0 Å². The molecule has 0 aliphatic rings. The van der Waals surface area contributed by atoms with Crippen molar-refractivity contribution in [2.45, 2.75) is 6.92 Å². The summed E-state index contributed by atoms with van der Waals surface area (Å²) in [6.45, 7) is 2.00. The maximum absolute atomic E-state index is 6.17. The van der Waals surface area contributed by atoms with Crippen LogP contribution in [-0.2, 0) is 0 Å². The number of nitrogens with one attached hydrogen (secondary N) is 2. The quantitative estimate of drug-likeness (QED) is 0.558. The zero-order valence-corrected chi connectivity index (χ0v) is 14.6. The molecule has 0 fully saturated rings. The monoisotopic (exact) mass is 418 g/mol. The van der Waals surface area contributed by atoms with Gasteiger partial charge in [0, 0.05) is 15.5 Å². The molecule has 0 aliphatic heterocycles. The fourth-order valence-corrected chi connectivity index (χ4v) is 2.35. The number of nitrogens with two attached hydrogens (primary N) is 1. The maximum Gasteiger partial charge on any atom is 0.160 e. The molecule has 0 saturated heterocycles. The van der Waals surface area contributed by atoms with Crippen molar-refractivity contribution in [3.8, 4) is 0 Å². The number of halogens is 1. The lowest BCUT2D eigenvalue weighted by molar-refractivity contribution is 1.16. The Hall–Kier alpha value is -2.42. The van der Waals surface area contributed by atoms with Crippen LogP contribution < -0.4 is 16.4 Å². The molecule has 0 spiro atoms. The molecule has 0 aliphatic carbocycles. The first-order valence-corrected chi connectivity index (χ1v) is 8.02. The lowest BCUT2D eigenvalue weighted by atomic mass is 10.3. The van der Waals surface area contributed by atoms with E-state index in [9.17, 15) is 0 Å². The van der Waals surface area contributed by atoms with E-state index in [2.05, 4.69) is 48.2 Å². The molecule has 0 saturated carbocycles. The van der Waals surface area contributed by atoms with Gasteiger partial charge in [0.15, 0.2) is 11.6 Å². The van der Waals surface area contributed by atoms with Crippen molar-refractivity contribution in [3.63, 3.8) is 0 Å². The molecule has 2 aromatic heterocycles. The molecule has 0 atom stereocenters. The lowest BCUT2D eigenvalue weighted by Crippen LogP contribution is -2.05. The second-order valence-electron chi connectivity index (χ2n) is 4.96. The number of aryl methyl sites for hydroxylation is 1. The van der Waals surface area contributed by atoms with Crippen molar-refractivity contribution in [3.05, 3.63) is 58.1 Å². The normalized spacial score (nSPS) is 10.3. The molecule has 6 nitrogen and oxygen atoms in total. The summed E-state index contributed by atoms with van der Waals surface area (Å²) in [6, 6.07) is 11.8. The van der Waals surface area contributed by atoms with Crippen LogP contribution in [0.1, 0.15) is 5.56 Å². The molecule has 4 N–H and O–H groups in total. The largest absolute Gasteiger partial charge is 0.393 e. The van der Waals surface area contributed by atoms with Gasteiger partial charge in [0.1, 0.15) is 17.8 Å². The molecular formula is C16H15IN6. The second-order valence-corrected chi connectivity index (χ2v) is 6.21. The highest BCUT2D eigenvalue weighted by molar-refractivity contribution is 14.1. The maximum atomic E-state index is 6.17. The highest BCUT2D eigenvalue weighted by atomic mass is 127. The summed E-state index contributed by atoms with van der Waals surface area (Å²) >= 11 is 2.26. The van der Waals surface area contributed by atoms with Crippen LogP contribution in [0.4, 0.5) is 28.8 Å². The van der Waals surface area contributed by atoms with E-state index in [-0.39, 0.29) is 0 Å². The Morgan fingerprint density at radius 1 is 0.957 bits per heavy atom. The number of rotatable bonds is 4. The van der Waals surface area contributed by atoms with Crippen LogP contribution in [0.25, 0.3) is 0 Å². The Morgan fingerprint density at radius 3 is 2.35 bits per heavy atom. The fraction of sp³-hybridized carbons (Fsp3) is 0.0625. The van der Waals surface area contributed by atoms with Gasteiger partial charge in [-0.25, -0.2) is 15.0 Å². The molecule has 3 aromatic rings. The highest BCUT2D eigenvalue weighted by Crippen LogP contribution is 2.27. The fourth-order valence-electron chi connectivity index (χ4n) is 1.99. The van der Waals surface area contributed by atoms with Gasteiger partial charge in [-0.05, 0) is 71.5 Å². The SMILES string of the molecule is Cc1ccnc(Nc2ncnc(Nc3ccc(I)cc3)c2N)c1. The van der Waals surface area contributed by atoms with Crippen molar-refractivity contribution in [2.75, 3.05) is 16.4 Å². The second kappa shape index (κ2) is 6.78. The number of hydrogen-bond donors (Lipinski definition) is 3. The van der Waals surface area contributed by atoms with E-state index in [1.54, 1.807) is 6.20 Å². The highest BCUT2D eigenvalue weighted by Gasteiger charge is 2.09. The third-order valence-electron chi connectivity index (χ3n) is 3.15. The van der Waals surface area contributed by atoms with E-state index in [0.29, 0.717) is 23.1 Å². The average Bonchev–Trinajstić information content (AvgIpc) is 2.53. The van der Waals surface area contributed by atoms with Crippen LogP contribution in [0.15, 0.2) is 48.9 Å². The Morgan fingerprint density at radius 2 is 1.65 bits per heavy atom. The molecule has 7 heteroatoms. The zero-order chi connectivity index (χ0) is 16.2. The van der Waals surface area contributed by atoms with Crippen molar-refractivity contribution >= 4 is 51.4 Å². The zero-order valence-electron chi connectivity index (χ0n) is 12.4. The number of hydrogen-bond acceptors (Lipinski definition) is 6. The Labute approximate surface area is 147 Å². The van der Waals surface area contributed by atoms with E-state index < -0.39 is 0 Å². The van der Waals surface area contributed by atoms with Crippen LogP contribution in [0.3, 0.4) is 0 Å². The predicted molar refractivity (Wildman–Crippen MR) is 101 cm³/mol. The molecule has 0 unspecified atom stereocenters. The first-order chi connectivity index (χ1) is 11.1. The van der Waals surface area contributed by atoms with Crippen molar-refractivity contribution in [2.24, 2.45) is 0 Å². The lowest BCUT2D eigenvalue weighted by Gasteiger charge is -2.12. The summed E-state index contributed by atoms with van der Waals surface area (Å²) in [5, 5.41) is 6.32. The Balaban J connectivity index is 1.84. The minimum atomic E-state index is 0.439. The molecule has 0 bridgehead atoms. The first kappa shape index (κ1) is 15.5. The Kier molecular flexibility index (Phi) is 4.56. The van der Waals surface area contributed by atoms with Gasteiger partial charge in [0.2, 0.25) is 0 Å². The van der Waals surface area contributed by atoms with Gasteiger partial charge in [-0.15, -0.1) is 0 Å². The number of aromatic nitrogens is 3. The summed E-state index contributed by atoms with van der Waals surface area (Å²) in [5.74, 6) is 1.76. The van der Waals surface area contributed by atoms with Crippen LogP contribution in [0, 0.1) is 10.5 Å². The topological polar surface area (TPSA) is 88.8 Å². The van der Waals surface area contributed by atoms with E-state index in [1.807, 2.05) is 43.3 Å². The molecule has 0 radical (unpaired) electrons. The predicted octanol–water partition coefficient (Wildman–Crippen LogP) is 3.85. The summed E-state index contributed by atoms with van der Waals surface area (Å²) in [5.41, 5.74) is 8.62. The number of nitrogen functional groups attached to an aromatic ring is 1. The van der Waals surface area contributed by atoms with Crippen LogP contribution in [0.2, 0.25) is 0 Å². The molecule has 0 amide bonds. The minimum Gasteiger partial charge on any atom is -0.393 e. The standard InChI is InChI=1S/C16H15IN6/c1-10-6-7-19-13(8-10)23-16-14(18)15(20-9-21-16)22-12-4-2-11(17)3-5-12/h2-9H,18H2,1H3,(H2,19,20,21,22,23). The van der Waals surface area contributed by atoms with Gasteiger partial charge in [0.05, 0.1) is 0 Å².